The van der Waals surface area contributed by atoms with Gasteiger partial charge in [-0.3, -0.25) is 4.98 Å². The van der Waals surface area contributed by atoms with E-state index in [1.54, 1.807) is 0 Å². The number of hydrogen-bond donors (Lipinski definition) is 0. The van der Waals surface area contributed by atoms with Crippen LogP contribution < -0.4 is 0 Å². The maximum absolute atomic E-state index is 4.38. The smallest absolute Gasteiger partial charge is 0.0382 e. The average molecular weight is 227 g/mol. The SMILES string of the molecule is CC.Cc1ccc(-c2cc(C)nc(C)c2)cc1. The van der Waals surface area contributed by atoms with E-state index in [9.17, 15) is 0 Å². The summed E-state index contributed by atoms with van der Waals surface area (Å²) in [6.45, 7) is 10.2. The number of hydrogen-bond acceptors (Lipinski definition) is 1. The largest absolute Gasteiger partial charge is 0.258 e. The third-order valence-electron chi connectivity index (χ3n) is 2.47. The first-order valence-corrected chi connectivity index (χ1v) is 6.17. The van der Waals surface area contributed by atoms with E-state index in [4.69, 9.17) is 0 Å². The molecular formula is C16H21N. The molecule has 1 heterocycles. The van der Waals surface area contributed by atoms with Crippen molar-refractivity contribution in [2.45, 2.75) is 34.6 Å². The lowest BCUT2D eigenvalue weighted by Gasteiger charge is -2.04. The van der Waals surface area contributed by atoms with Crippen LogP contribution in [0, 0.1) is 20.8 Å². The van der Waals surface area contributed by atoms with Crippen molar-refractivity contribution in [3.8, 4) is 11.1 Å². The van der Waals surface area contributed by atoms with Crippen LogP contribution in [0.5, 0.6) is 0 Å². The van der Waals surface area contributed by atoms with Crippen LogP contribution >= 0.6 is 0 Å². The highest BCUT2D eigenvalue weighted by molar-refractivity contribution is 5.64. The summed E-state index contributed by atoms with van der Waals surface area (Å²) in [5.41, 5.74) is 5.95. The Bertz CT molecular complexity index is 449. The van der Waals surface area contributed by atoms with Gasteiger partial charge in [0.1, 0.15) is 0 Å². The van der Waals surface area contributed by atoms with Crippen molar-refractivity contribution in [1.29, 1.82) is 0 Å². The highest BCUT2D eigenvalue weighted by Gasteiger charge is 1.99. The van der Waals surface area contributed by atoms with Crippen LogP contribution in [0.3, 0.4) is 0 Å². The summed E-state index contributed by atoms with van der Waals surface area (Å²) in [6.07, 6.45) is 0. The first-order chi connectivity index (χ1) is 8.15. The molecule has 0 aliphatic heterocycles. The van der Waals surface area contributed by atoms with Crippen LogP contribution in [0.25, 0.3) is 11.1 Å². The molecule has 1 aromatic heterocycles. The molecule has 0 bridgehead atoms. The number of nitrogens with zero attached hydrogens (tertiary/aromatic N) is 1. The lowest BCUT2D eigenvalue weighted by Crippen LogP contribution is -1.87. The van der Waals surface area contributed by atoms with Crippen molar-refractivity contribution >= 4 is 0 Å². The van der Waals surface area contributed by atoms with Gasteiger partial charge < -0.3 is 0 Å². The van der Waals surface area contributed by atoms with E-state index < -0.39 is 0 Å². The molecule has 0 aliphatic carbocycles. The Hall–Kier alpha value is -1.63. The Kier molecular flexibility index (Phi) is 4.89. The monoisotopic (exact) mass is 227 g/mol. The lowest BCUT2D eigenvalue weighted by atomic mass is 10.0. The Balaban J connectivity index is 0.000000686. The zero-order valence-corrected chi connectivity index (χ0v) is 11.4. The molecular weight excluding hydrogens is 206 g/mol. The zero-order valence-electron chi connectivity index (χ0n) is 11.4. The molecule has 0 atom stereocenters. The Morgan fingerprint density at radius 3 is 1.65 bits per heavy atom. The second-order valence-electron chi connectivity index (χ2n) is 4.00. The van der Waals surface area contributed by atoms with Crippen molar-refractivity contribution in [1.82, 2.24) is 4.98 Å². The third kappa shape index (κ3) is 3.70. The van der Waals surface area contributed by atoms with E-state index in [-0.39, 0.29) is 0 Å². The van der Waals surface area contributed by atoms with Crippen molar-refractivity contribution in [2.24, 2.45) is 0 Å². The highest BCUT2D eigenvalue weighted by atomic mass is 14.7. The molecule has 0 unspecified atom stereocenters. The molecule has 0 saturated carbocycles. The van der Waals surface area contributed by atoms with E-state index >= 15 is 0 Å². The van der Waals surface area contributed by atoms with Gasteiger partial charge in [-0.2, -0.15) is 0 Å². The standard InChI is InChI=1S/C14H15N.C2H6/c1-10-4-6-13(7-5-10)14-8-11(2)15-12(3)9-14;1-2/h4-9H,1-3H3;1-2H3. The molecule has 2 aromatic rings. The summed E-state index contributed by atoms with van der Waals surface area (Å²) in [5, 5.41) is 0. The van der Waals surface area contributed by atoms with Gasteiger partial charge in [-0.05, 0) is 44.0 Å². The molecule has 0 amide bonds. The van der Waals surface area contributed by atoms with Gasteiger partial charge in [0, 0.05) is 11.4 Å². The molecule has 2 rings (SSSR count). The first-order valence-electron chi connectivity index (χ1n) is 6.17. The maximum atomic E-state index is 4.38. The summed E-state index contributed by atoms with van der Waals surface area (Å²) in [5.74, 6) is 0. The van der Waals surface area contributed by atoms with Crippen LogP contribution in [-0.4, -0.2) is 4.98 Å². The second-order valence-corrected chi connectivity index (χ2v) is 4.00. The fourth-order valence-electron chi connectivity index (χ4n) is 1.75. The van der Waals surface area contributed by atoms with Gasteiger partial charge in [-0.25, -0.2) is 0 Å². The van der Waals surface area contributed by atoms with Crippen LogP contribution in [0.15, 0.2) is 36.4 Å². The molecule has 0 aliphatic rings. The molecule has 90 valence electrons. The molecule has 0 spiro atoms. The van der Waals surface area contributed by atoms with Gasteiger partial charge in [-0.15, -0.1) is 0 Å². The Labute approximate surface area is 105 Å². The maximum Gasteiger partial charge on any atom is 0.0382 e. The van der Waals surface area contributed by atoms with Gasteiger partial charge >= 0.3 is 0 Å². The Morgan fingerprint density at radius 1 is 0.706 bits per heavy atom. The van der Waals surface area contributed by atoms with Crippen molar-refractivity contribution < 1.29 is 0 Å². The van der Waals surface area contributed by atoms with Crippen molar-refractivity contribution in [3.63, 3.8) is 0 Å². The molecule has 0 fully saturated rings. The molecule has 0 radical (unpaired) electrons. The minimum Gasteiger partial charge on any atom is -0.258 e. The quantitative estimate of drug-likeness (QED) is 0.688. The van der Waals surface area contributed by atoms with E-state index in [1.807, 2.05) is 27.7 Å². The molecule has 17 heavy (non-hydrogen) atoms. The van der Waals surface area contributed by atoms with Crippen LogP contribution in [0.1, 0.15) is 30.8 Å². The summed E-state index contributed by atoms with van der Waals surface area (Å²) in [4.78, 5) is 4.38. The van der Waals surface area contributed by atoms with E-state index in [1.165, 1.54) is 16.7 Å². The van der Waals surface area contributed by atoms with Gasteiger partial charge in [0.25, 0.3) is 0 Å². The third-order valence-corrected chi connectivity index (χ3v) is 2.47. The number of pyridine rings is 1. The van der Waals surface area contributed by atoms with E-state index in [0.717, 1.165) is 11.4 Å². The topological polar surface area (TPSA) is 12.9 Å². The van der Waals surface area contributed by atoms with Crippen LogP contribution in [-0.2, 0) is 0 Å². The number of aromatic nitrogens is 1. The van der Waals surface area contributed by atoms with Crippen LogP contribution in [0.4, 0.5) is 0 Å². The number of rotatable bonds is 1. The predicted molar refractivity (Wildman–Crippen MR) is 75.2 cm³/mol. The first kappa shape index (κ1) is 13.4. The van der Waals surface area contributed by atoms with Crippen LogP contribution in [0.2, 0.25) is 0 Å². The molecule has 1 aromatic carbocycles. The predicted octanol–water partition coefficient (Wildman–Crippen LogP) is 4.70. The zero-order chi connectivity index (χ0) is 12.8. The second kappa shape index (κ2) is 6.19. The average Bonchev–Trinajstić information content (AvgIpc) is 2.31. The minimum absolute atomic E-state index is 1.07. The highest BCUT2D eigenvalue weighted by Crippen LogP contribution is 2.20. The van der Waals surface area contributed by atoms with Gasteiger partial charge in [-0.1, -0.05) is 43.7 Å². The van der Waals surface area contributed by atoms with Gasteiger partial charge in [0.05, 0.1) is 0 Å². The fraction of sp³-hybridized carbons (Fsp3) is 0.312. The number of aryl methyl sites for hydroxylation is 3. The summed E-state index contributed by atoms with van der Waals surface area (Å²) >= 11 is 0. The van der Waals surface area contributed by atoms with E-state index in [2.05, 4.69) is 48.3 Å². The summed E-state index contributed by atoms with van der Waals surface area (Å²) in [6, 6.07) is 12.8. The van der Waals surface area contributed by atoms with Crippen molar-refractivity contribution in [2.75, 3.05) is 0 Å². The molecule has 0 saturated heterocycles. The summed E-state index contributed by atoms with van der Waals surface area (Å²) < 4.78 is 0. The fourth-order valence-corrected chi connectivity index (χ4v) is 1.75. The van der Waals surface area contributed by atoms with Crippen molar-refractivity contribution in [3.05, 3.63) is 53.3 Å². The number of benzene rings is 1. The Morgan fingerprint density at radius 2 is 1.18 bits per heavy atom. The normalized spacial score (nSPS) is 9.47. The molecule has 1 heteroatoms. The van der Waals surface area contributed by atoms with Gasteiger partial charge in [0.15, 0.2) is 0 Å². The lowest BCUT2D eigenvalue weighted by molar-refractivity contribution is 1.12. The molecule has 0 N–H and O–H groups in total. The van der Waals surface area contributed by atoms with Gasteiger partial charge in [0.2, 0.25) is 0 Å². The van der Waals surface area contributed by atoms with E-state index in [0.29, 0.717) is 0 Å². The molecule has 1 nitrogen and oxygen atoms in total. The summed E-state index contributed by atoms with van der Waals surface area (Å²) in [7, 11) is 0. The minimum atomic E-state index is 1.07.